The molecule has 64 valence electrons. The molecule has 0 aromatic carbocycles. The molecule has 0 saturated heterocycles. The van der Waals surface area contributed by atoms with E-state index in [2.05, 4.69) is 27.7 Å². The van der Waals surface area contributed by atoms with E-state index in [4.69, 9.17) is 0 Å². The summed E-state index contributed by atoms with van der Waals surface area (Å²) in [6.45, 7) is 0.801. The van der Waals surface area contributed by atoms with Crippen LogP contribution < -0.4 is 5.56 Å². The minimum Gasteiger partial charge on any atom is -0.268 e. The Morgan fingerprint density at radius 3 is 3.00 bits per heavy atom. The van der Waals surface area contributed by atoms with Crippen molar-refractivity contribution in [1.29, 1.82) is 0 Å². The van der Waals surface area contributed by atoms with Crippen LogP contribution in [0.4, 0.5) is 0 Å². The first-order valence-electron chi connectivity index (χ1n) is 3.98. The summed E-state index contributed by atoms with van der Waals surface area (Å²) in [6, 6.07) is 1.62. The summed E-state index contributed by atoms with van der Waals surface area (Å²) in [7, 11) is 0. The fraction of sp³-hybridized carbons (Fsp3) is 0.500. The minimum absolute atomic E-state index is 0.0220. The first kappa shape index (κ1) is 8.22. The van der Waals surface area contributed by atoms with Crippen molar-refractivity contribution in [2.24, 2.45) is 5.92 Å². The molecule has 0 atom stereocenters. The second-order valence-electron chi connectivity index (χ2n) is 3.14. The van der Waals surface area contributed by atoms with E-state index in [1.54, 1.807) is 16.9 Å². The minimum atomic E-state index is 0.0220. The van der Waals surface area contributed by atoms with Crippen LogP contribution in [0.2, 0.25) is 0 Å². The molecule has 0 spiro atoms. The van der Waals surface area contributed by atoms with Gasteiger partial charge in [0, 0.05) is 16.2 Å². The predicted octanol–water partition coefficient (Wildman–Crippen LogP) is 1.26. The molecule has 3 nitrogen and oxygen atoms in total. The Kier molecular flexibility index (Phi) is 2.16. The van der Waals surface area contributed by atoms with Crippen molar-refractivity contribution >= 4 is 22.6 Å². The van der Waals surface area contributed by atoms with Gasteiger partial charge in [-0.25, -0.2) is 4.68 Å². The zero-order valence-corrected chi connectivity index (χ0v) is 8.69. The Balaban J connectivity index is 2.24. The fourth-order valence-electron chi connectivity index (χ4n) is 1.09. The van der Waals surface area contributed by atoms with Crippen molar-refractivity contribution < 1.29 is 0 Å². The van der Waals surface area contributed by atoms with Gasteiger partial charge in [-0.3, -0.25) is 4.79 Å². The van der Waals surface area contributed by atoms with Crippen molar-refractivity contribution in [2.45, 2.75) is 19.4 Å². The first-order chi connectivity index (χ1) is 5.75. The lowest BCUT2D eigenvalue weighted by Gasteiger charge is -2.00. The van der Waals surface area contributed by atoms with E-state index in [0.717, 1.165) is 10.1 Å². The summed E-state index contributed by atoms with van der Waals surface area (Å²) in [5.41, 5.74) is 0.0220. The van der Waals surface area contributed by atoms with Crippen LogP contribution in [0.3, 0.4) is 0 Å². The third-order valence-electron chi connectivity index (χ3n) is 1.96. The van der Waals surface area contributed by atoms with Gasteiger partial charge in [-0.2, -0.15) is 5.10 Å². The van der Waals surface area contributed by atoms with Crippen LogP contribution >= 0.6 is 22.6 Å². The number of hydrogen-bond acceptors (Lipinski definition) is 2. The van der Waals surface area contributed by atoms with Gasteiger partial charge in [-0.1, -0.05) is 0 Å². The Hall–Kier alpha value is -0.390. The molecule has 1 aromatic rings. The average molecular weight is 276 g/mol. The van der Waals surface area contributed by atoms with E-state index >= 15 is 0 Å². The van der Waals surface area contributed by atoms with Gasteiger partial charge in [-0.15, -0.1) is 0 Å². The first-order valence-corrected chi connectivity index (χ1v) is 5.06. The Morgan fingerprint density at radius 1 is 1.67 bits per heavy atom. The number of nitrogens with zero attached hydrogens (tertiary/aromatic N) is 2. The molecule has 0 aliphatic heterocycles. The van der Waals surface area contributed by atoms with E-state index in [9.17, 15) is 4.79 Å². The standard InChI is InChI=1S/C8H9IN2O/c9-7-3-8(12)11(10-4-7)5-6-1-2-6/h3-4,6H,1-2,5H2. The number of rotatable bonds is 2. The Labute approximate surface area is 83.9 Å². The molecular formula is C8H9IN2O. The Bertz CT molecular complexity index is 343. The highest BCUT2D eigenvalue weighted by Gasteiger charge is 2.22. The maximum atomic E-state index is 11.3. The van der Waals surface area contributed by atoms with Crippen molar-refractivity contribution in [3.05, 3.63) is 26.2 Å². The highest BCUT2D eigenvalue weighted by molar-refractivity contribution is 14.1. The van der Waals surface area contributed by atoms with Gasteiger partial charge in [0.25, 0.3) is 5.56 Å². The quantitative estimate of drug-likeness (QED) is 0.762. The smallest absolute Gasteiger partial charge is 0.267 e. The molecule has 0 N–H and O–H groups in total. The van der Waals surface area contributed by atoms with Crippen LogP contribution in [0.15, 0.2) is 17.1 Å². The van der Waals surface area contributed by atoms with Gasteiger partial charge in [0.1, 0.15) is 0 Å². The van der Waals surface area contributed by atoms with Gasteiger partial charge < -0.3 is 0 Å². The number of halogens is 1. The second kappa shape index (κ2) is 3.16. The zero-order chi connectivity index (χ0) is 8.55. The largest absolute Gasteiger partial charge is 0.268 e. The molecule has 1 aromatic heterocycles. The highest BCUT2D eigenvalue weighted by Crippen LogP contribution is 2.29. The summed E-state index contributed by atoms with van der Waals surface area (Å²) >= 11 is 2.10. The molecule has 4 heteroatoms. The lowest BCUT2D eigenvalue weighted by Crippen LogP contribution is -2.22. The molecule has 0 unspecified atom stereocenters. The lowest BCUT2D eigenvalue weighted by molar-refractivity contribution is 0.532. The number of aromatic nitrogens is 2. The fourth-order valence-corrected chi connectivity index (χ4v) is 1.48. The van der Waals surface area contributed by atoms with Gasteiger partial charge in [0.2, 0.25) is 0 Å². The molecule has 0 amide bonds. The summed E-state index contributed by atoms with van der Waals surface area (Å²) in [6.07, 6.45) is 4.23. The van der Waals surface area contributed by atoms with E-state index in [0.29, 0.717) is 5.92 Å². The summed E-state index contributed by atoms with van der Waals surface area (Å²) in [5.74, 6) is 0.704. The van der Waals surface area contributed by atoms with Gasteiger partial charge in [0.15, 0.2) is 0 Å². The molecule has 1 aliphatic carbocycles. The third-order valence-corrected chi connectivity index (χ3v) is 2.55. The Morgan fingerprint density at radius 2 is 2.42 bits per heavy atom. The zero-order valence-electron chi connectivity index (χ0n) is 6.53. The van der Waals surface area contributed by atoms with Crippen LogP contribution in [0.1, 0.15) is 12.8 Å². The predicted molar refractivity (Wildman–Crippen MR) is 53.9 cm³/mol. The van der Waals surface area contributed by atoms with Gasteiger partial charge in [-0.05, 0) is 41.4 Å². The van der Waals surface area contributed by atoms with Gasteiger partial charge >= 0.3 is 0 Å². The topological polar surface area (TPSA) is 34.9 Å². The third kappa shape index (κ3) is 1.85. The maximum Gasteiger partial charge on any atom is 0.267 e. The van der Waals surface area contributed by atoms with Crippen molar-refractivity contribution in [3.8, 4) is 0 Å². The normalized spacial score (nSPS) is 16.4. The summed E-state index contributed by atoms with van der Waals surface area (Å²) in [5, 5.41) is 4.05. The van der Waals surface area contributed by atoms with Crippen molar-refractivity contribution in [3.63, 3.8) is 0 Å². The number of hydrogen-bond donors (Lipinski definition) is 0. The van der Waals surface area contributed by atoms with Gasteiger partial charge in [0.05, 0.1) is 6.20 Å². The highest BCUT2D eigenvalue weighted by atomic mass is 127. The summed E-state index contributed by atoms with van der Waals surface area (Å²) < 4.78 is 2.46. The van der Waals surface area contributed by atoms with Crippen LogP contribution in [0, 0.1) is 9.49 Å². The van der Waals surface area contributed by atoms with E-state index in [1.165, 1.54) is 12.8 Å². The SMILES string of the molecule is O=c1cc(I)cnn1CC1CC1. The van der Waals surface area contributed by atoms with Crippen molar-refractivity contribution in [1.82, 2.24) is 9.78 Å². The maximum absolute atomic E-state index is 11.3. The second-order valence-corrected chi connectivity index (χ2v) is 4.38. The molecule has 12 heavy (non-hydrogen) atoms. The van der Waals surface area contributed by atoms with Crippen LogP contribution in [-0.4, -0.2) is 9.78 Å². The van der Waals surface area contributed by atoms with E-state index in [-0.39, 0.29) is 5.56 Å². The monoisotopic (exact) mass is 276 g/mol. The molecular weight excluding hydrogens is 267 g/mol. The molecule has 1 aliphatic rings. The average Bonchev–Trinajstić information content (AvgIpc) is 2.79. The molecule has 1 heterocycles. The van der Waals surface area contributed by atoms with Crippen LogP contribution in [-0.2, 0) is 6.54 Å². The molecule has 1 saturated carbocycles. The van der Waals surface area contributed by atoms with Crippen LogP contribution in [0.25, 0.3) is 0 Å². The van der Waals surface area contributed by atoms with Crippen molar-refractivity contribution in [2.75, 3.05) is 0 Å². The molecule has 0 bridgehead atoms. The summed E-state index contributed by atoms with van der Waals surface area (Å²) in [4.78, 5) is 11.3. The van der Waals surface area contributed by atoms with Crippen LogP contribution in [0.5, 0.6) is 0 Å². The van der Waals surface area contributed by atoms with E-state index < -0.39 is 0 Å². The lowest BCUT2D eigenvalue weighted by atomic mass is 10.4. The van der Waals surface area contributed by atoms with E-state index in [1.807, 2.05) is 0 Å². The molecule has 0 radical (unpaired) electrons. The molecule has 1 fully saturated rings. The molecule has 2 rings (SSSR count).